The van der Waals surface area contributed by atoms with Gasteiger partial charge in [-0.25, -0.2) is 21.8 Å². The molecule has 0 atom stereocenters. The highest BCUT2D eigenvalue weighted by atomic mass is 32.2. The number of nitrogens with zero attached hydrogens (tertiary/aromatic N) is 3. The summed E-state index contributed by atoms with van der Waals surface area (Å²) in [5.41, 5.74) is 0.767. The number of benzene rings is 1. The van der Waals surface area contributed by atoms with Crippen LogP contribution in [0.25, 0.3) is 0 Å². The van der Waals surface area contributed by atoms with E-state index in [-0.39, 0.29) is 20.6 Å². The van der Waals surface area contributed by atoms with Crippen LogP contribution in [0.1, 0.15) is 12.6 Å². The Kier molecular flexibility index (Phi) is 5.22. The first-order valence-corrected chi connectivity index (χ1v) is 11.6. The van der Waals surface area contributed by atoms with Gasteiger partial charge in [-0.15, -0.1) is 11.3 Å². The first kappa shape index (κ1) is 19.3. The first-order valence-electron chi connectivity index (χ1n) is 7.80. The highest BCUT2D eigenvalue weighted by Gasteiger charge is 2.21. The fourth-order valence-electron chi connectivity index (χ4n) is 2.37. The van der Waals surface area contributed by atoms with Crippen LogP contribution in [0.4, 0.5) is 10.8 Å². The van der Waals surface area contributed by atoms with E-state index in [0.29, 0.717) is 12.2 Å². The molecule has 0 aliphatic rings. The Bertz CT molecular complexity index is 1130. The Morgan fingerprint density at radius 2 is 1.78 bits per heavy atom. The summed E-state index contributed by atoms with van der Waals surface area (Å²) >= 11 is 1.16. The molecule has 12 heteroatoms. The molecule has 0 fully saturated rings. The number of sulfonamides is 2. The van der Waals surface area contributed by atoms with Crippen LogP contribution < -0.4 is 9.44 Å². The van der Waals surface area contributed by atoms with Crippen molar-refractivity contribution in [2.24, 2.45) is 0 Å². The smallest absolute Gasteiger partial charge is 0.265 e. The zero-order valence-corrected chi connectivity index (χ0v) is 16.9. The molecule has 1 aromatic carbocycles. The van der Waals surface area contributed by atoms with E-state index in [1.165, 1.54) is 36.7 Å². The van der Waals surface area contributed by atoms with Crippen LogP contribution in [0.5, 0.6) is 0 Å². The molecule has 0 unspecified atom stereocenters. The van der Waals surface area contributed by atoms with Crippen molar-refractivity contribution >= 4 is 42.2 Å². The van der Waals surface area contributed by atoms with E-state index >= 15 is 0 Å². The first-order chi connectivity index (χ1) is 12.7. The molecule has 0 bridgehead atoms. The van der Waals surface area contributed by atoms with E-state index in [4.69, 9.17) is 0 Å². The maximum absolute atomic E-state index is 12.5. The Hall–Kier alpha value is -2.44. The van der Waals surface area contributed by atoms with Crippen molar-refractivity contribution in [1.29, 1.82) is 0 Å². The maximum atomic E-state index is 12.5. The minimum Gasteiger partial charge on any atom is -0.280 e. The van der Waals surface area contributed by atoms with E-state index in [0.717, 1.165) is 11.3 Å². The zero-order valence-electron chi connectivity index (χ0n) is 14.4. The van der Waals surface area contributed by atoms with Crippen LogP contribution in [0.15, 0.2) is 51.8 Å². The van der Waals surface area contributed by atoms with Crippen molar-refractivity contribution in [3.63, 3.8) is 0 Å². The lowest BCUT2D eigenvalue weighted by Gasteiger charge is -2.09. The average molecular weight is 428 g/mol. The molecule has 0 spiro atoms. The lowest BCUT2D eigenvalue weighted by molar-refractivity contribution is 0.598. The zero-order chi connectivity index (χ0) is 19.7. The molecule has 3 aromatic rings. The topological polar surface area (TPSA) is 123 Å². The molecule has 2 N–H and O–H groups in total. The van der Waals surface area contributed by atoms with Crippen LogP contribution in [0.2, 0.25) is 0 Å². The van der Waals surface area contributed by atoms with Crippen molar-refractivity contribution < 1.29 is 16.8 Å². The normalized spacial score (nSPS) is 12.1. The lowest BCUT2D eigenvalue weighted by Crippen LogP contribution is -2.15. The number of hydrogen-bond donors (Lipinski definition) is 2. The fraction of sp³-hybridized carbons (Fsp3) is 0.200. The molecule has 144 valence electrons. The Labute approximate surface area is 161 Å². The van der Waals surface area contributed by atoms with Crippen molar-refractivity contribution in [1.82, 2.24) is 14.8 Å². The van der Waals surface area contributed by atoms with E-state index in [2.05, 4.69) is 19.5 Å². The summed E-state index contributed by atoms with van der Waals surface area (Å²) in [6.45, 7) is 4.09. The van der Waals surface area contributed by atoms with Crippen molar-refractivity contribution in [2.75, 3.05) is 9.44 Å². The van der Waals surface area contributed by atoms with E-state index < -0.39 is 20.0 Å². The third-order valence-corrected chi connectivity index (χ3v) is 7.37. The van der Waals surface area contributed by atoms with E-state index in [9.17, 15) is 16.8 Å². The van der Waals surface area contributed by atoms with Crippen LogP contribution in [0, 0.1) is 6.92 Å². The second kappa shape index (κ2) is 7.29. The van der Waals surface area contributed by atoms with Gasteiger partial charge >= 0.3 is 0 Å². The quantitative estimate of drug-likeness (QED) is 0.596. The molecule has 3 rings (SSSR count). The number of anilines is 2. The van der Waals surface area contributed by atoms with Crippen molar-refractivity contribution in [3.05, 3.63) is 47.7 Å². The molecule has 0 aliphatic heterocycles. The van der Waals surface area contributed by atoms with E-state index in [1.54, 1.807) is 17.0 Å². The number of thiazole rings is 1. The van der Waals surface area contributed by atoms with E-state index in [1.807, 2.05) is 6.92 Å². The van der Waals surface area contributed by atoms with Gasteiger partial charge in [-0.3, -0.25) is 14.1 Å². The third-order valence-electron chi connectivity index (χ3n) is 3.72. The number of rotatable bonds is 7. The van der Waals surface area contributed by atoms with Gasteiger partial charge in [0.1, 0.15) is 4.90 Å². The van der Waals surface area contributed by atoms with Gasteiger partial charge in [-0.05, 0) is 38.1 Å². The predicted octanol–water partition coefficient (Wildman–Crippen LogP) is 2.27. The van der Waals surface area contributed by atoms with Gasteiger partial charge in [-0.1, -0.05) is 0 Å². The van der Waals surface area contributed by atoms with Crippen molar-refractivity contribution in [3.8, 4) is 0 Å². The number of hydrogen-bond acceptors (Lipinski definition) is 7. The molecule has 0 aliphatic carbocycles. The summed E-state index contributed by atoms with van der Waals surface area (Å²) < 4.78 is 56.1. The molecule has 0 saturated heterocycles. The minimum atomic E-state index is -3.83. The number of nitrogens with one attached hydrogen (secondary N) is 2. The summed E-state index contributed by atoms with van der Waals surface area (Å²) in [7, 11) is -7.62. The molecular weight excluding hydrogens is 410 g/mol. The Balaban J connectivity index is 1.80. The van der Waals surface area contributed by atoms with Gasteiger partial charge in [0, 0.05) is 23.8 Å². The second-order valence-corrected chi connectivity index (χ2v) is 9.71. The molecule has 0 amide bonds. The van der Waals surface area contributed by atoms with Crippen LogP contribution in [-0.4, -0.2) is 31.6 Å². The fourth-order valence-corrected chi connectivity index (χ4v) is 5.40. The summed E-state index contributed by atoms with van der Waals surface area (Å²) in [6, 6.07) is 5.40. The summed E-state index contributed by atoms with van der Waals surface area (Å²) in [5, 5.41) is 5.93. The number of aryl methyl sites for hydroxylation is 1. The number of aromatic nitrogens is 3. The largest absolute Gasteiger partial charge is 0.280 e. The third kappa shape index (κ3) is 4.12. The van der Waals surface area contributed by atoms with Gasteiger partial charge < -0.3 is 0 Å². The molecule has 2 aromatic heterocycles. The summed E-state index contributed by atoms with van der Waals surface area (Å²) in [5.74, 6) is 0. The lowest BCUT2D eigenvalue weighted by atomic mass is 10.3. The highest BCUT2D eigenvalue weighted by Crippen LogP contribution is 2.22. The molecule has 2 heterocycles. The summed E-state index contributed by atoms with van der Waals surface area (Å²) in [4.78, 5) is 3.94. The average Bonchev–Trinajstić information content (AvgIpc) is 3.24. The van der Waals surface area contributed by atoms with Crippen LogP contribution in [0.3, 0.4) is 0 Å². The Morgan fingerprint density at radius 3 is 2.33 bits per heavy atom. The molecule has 27 heavy (non-hydrogen) atoms. The van der Waals surface area contributed by atoms with Crippen LogP contribution >= 0.6 is 11.3 Å². The predicted molar refractivity (Wildman–Crippen MR) is 103 cm³/mol. The molecule has 0 radical (unpaired) electrons. The minimum absolute atomic E-state index is 0.00405. The molecular formula is C15H17N5O4S3. The van der Waals surface area contributed by atoms with Gasteiger partial charge in [-0.2, -0.15) is 5.10 Å². The summed E-state index contributed by atoms with van der Waals surface area (Å²) in [6.07, 6.45) is 2.78. The highest BCUT2D eigenvalue weighted by molar-refractivity contribution is 7.93. The molecule has 0 saturated carbocycles. The second-order valence-electron chi connectivity index (χ2n) is 5.48. The van der Waals surface area contributed by atoms with Gasteiger partial charge in [0.05, 0.1) is 16.8 Å². The Morgan fingerprint density at radius 1 is 1.07 bits per heavy atom. The maximum Gasteiger partial charge on any atom is 0.265 e. The van der Waals surface area contributed by atoms with Crippen molar-refractivity contribution in [2.45, 2.75) is 30.2 Å². The monoisotopic (exact) mass is 427 g/mol. The standard InChI is InChI=1S/C15H17N5O4S3/c1-3-20-11(2)14(10-17-20)27(23,24)18-12-4-6-13(7-5-12)26(21,22)19-15-16-8-9-25-15/h4-10,18H,3H2,1-2H3,(H,16,19). The SMILES string of the molecule is CCn1ncc(S(=O)(=O)Nc2ccc(S(=O)(=O)Nc3nccs3)cc2)c1C. The molecule has 9 nitrogen and oxygen atoms in total. The van der Waals surface area contributed by atoms with Gasteiger partial charge in [0.2, 0.25) is 0 Å². The van der Waals surface area contributed by atoms with Gasteiger partial charge in [0.15, 0.2) is 5.13 Å². The van der Waals surface area contributed by atoms with Gasteiger partial charge in [0.25, 0.3) is 20.0 Å². The van der Waals surface area contributed by atoms with Crippen LogP contribution in [-0.2, 0) is 26.6 Å².